The average Bonchev–Trinajstić information content (AvgIpc) is 3.01. The minimum Gasteiger partial charge on any atom is -0.350 e. The van der Waals surface area contributed by atoms with Gasteiger partial charge >= 0.3 is 0 Å². The fourth-order valence-corrected chi connectivity index (χ4v) is 3.16. The molecule has 0 aliphatic rings. The van der Waals surface area contributed by atoms with Gasteiger partial charge in [-0.25, -0.2) is 4.68 Å². The van der Waals surface area contributed by atoms with E-state index in [1.165, 1.54) is 4.68 Å². The predicted molar refractivity (Wildman–Crippen MR) is 112 cm³/mol. The van der Waals surface area contributed by atoms with Gasteiger partial charge < -0.3 is 10.6 Å². The van der Waals surface area contributed by atoms with Crippen LogP contribution in [0.2, 0.25) is 10.0 Å². The maximum absolute atomic E-state index is 12.5. The summed E-state index contributed by atoms with van der Waals surface area (Å²) in [6.45, 7) is 4.05. The summed E-state index contributed by atoms with van der Waals surface area (Å²) in [4.78, 5) is 24.7. The first-order chi connectivity index (χ1) is 13.8. The van der Waals surface area contributed by atoms with Gasteiger partial charge in [-0.05, 0) is 37.6 Å². The number of hydrogen-bond donors (Lipinski definition) is 2. The topological polar surface area (TPSA) is 88.9 Å². The average molecular weight is 432 g/mol. The number of rotatable bonds is 6. The second-order valence-corrected chi connectivity index (χ2v) is 7.43. The molecule has 2 amide bonds. The molecule has 0 fully saturated rings. The third-order valence-electron chi connectivity index (χ3n) is 4.22. The number of nitrogens with one attached hydrogen (secondary N) is 2. The third-order valence-corrected chi connectivity index (χ3v) is 4.66. The monoisotopic (exact) mass is 431 g/mol. The molecule has 0 aliphatic carbocycles. The summed E-state index contributed by atoms with van der Waals surface area (Å²) in [5, 5.41) is 14.1. The Hall–Kier alpha value is -2.90. The van der Waals surface area contributed by atoms with E-state index in [4.69, 9.17) is 23.2 Å². The van der Waals surface area contributed by atoms with E-state index >= 15 is 0 Å². The van der Waals surface area contributed by atoms with Crippen LogP contribution in [0.15, 0.2) is 42.5 Å². The van der Waals surface area contributed by atoms with Gasteiger partial charge in [0.2, 0.25) is 5.91 Å². The summed E-state index contributed by atoms with van der Waals surface area (Å²) in [5.74, 6) is -0.695. The fraction of sp³-hybridized carbons (Fsp3) is 0.200. The summed E-state index contributed by atoms with van der Waals surface area (Å²) < 4.78 is 1.38. The van der Waals surface area contributed by atoms with Crippen LogP contribution in [0, 0.1) is 13.8 Å². The number of amides is 2. The fourth-order valence-electron chi connectivity index (χ4n) is 2.64. The van der Waals surface area contributed by atoms with Crippen molar-refractivity contribution < 1.29 is 9.59 Å². The Labute approximate surface area is 178 Å². The number of benzene rings is 2. The van der Waals surface area contributed by atoms with Crippen molar-refractivity contribution in [2.45, 2.75) is 26.9 Å². The smallest absolute Gasteiger partial charge is 0.278 e. The Morgan fingerprint density at radius 2 is 1.69 bits per heavy atom. The molecule has 2 aromatic carbocycles. The maximum atomic E-state index is 12.5. The van der Waals surface area contributed by atoms with E-state index in [-0.39, 0.29) is 18.1 Å². The summed E-state index contributed by atoms with van der Waals surface area (Å²) in [7, 11) is 0. The van der Waals surface area contributed by atoms with Crippen LogP contribution in [-0.2, 0) is 17.9 Å². The SMILES string of the molecule is Cc1ccc(CNC(=O)Cn2nnc(C(=O)Nc3cc(Cl)cc(Cl)c3)c2C)cc1. The van der Waals surface area contributed by atoms with Crippen molar-refractivity contribution >= 4 is 40.7 Å². The number of hydrogen-bond acceptors (Lipinski definition) is 4. The molecule has 0 atom stereocenters. The molecule has 1 heterocycles. The zero-order valence-corrected chi connectivity index (χ0v) is 17.4. The number of nitrogens with zero attached hydrogens (tertiary/aromatic N) is 3. The van der Waals surface area contributed by atoms with Gasteiger partial charge in [0.15, 0.2) is 5.69 Å². The molecular formula is C20H19Cl2N5O2. The van der Waals surface area contributed by atoms with Crippen LogP contribution in [0.4, 0.5) is 5.69 Å². The van der Waals surface area contributed by atoms with Crippen LogP contribution in [0.1, 0.15) is 27.3 Å². The van der Waals surface area contributed by atoms with Crippen molar-refractivity contribution in [3.8, 4) is 0 Å². The van der Waals surface area contributed by atoms with Crippen molar-refractivity contribution in [3.05, 3.63) is 75.0 Å². The molecule has 0 bridgehead atoms. The van der Waals surface area contributed by atoms with Crippen LogP contribution in [0.5, 0.6) is 0 Å². The van der Waals surface area contributed by atoms with Crippen molar-refractivity contribution in [2.24, 2.45) is 0 Å². The minimum atomic E-state index is -0.466. The van der Waals surface area contributed by atoms with Crippen molar-refractivity contribution in [1.29, 1.82) is 0 Å². The lowest BCUT2D eigenvalue weighted by Gasteiger charge is -2.07. The van der Waals surface area contributed by atoms with Crippen LogP contribution in [0.3, 0.4) is 0 Å². The van der Waals surface area contributed by atoms with E-state index in [2.05, 4.69) is 20.9 Å². The van der Waals surface area contributed by atoms with Gasteiger partial charge in [0.1, 0.15) is 6.54 Å². The second-order valence-electron chi connectivity index (χ2n) is 6.56. The highest BCUT2D eigenvalue weighted by Crippen LogP contribution is 2.23. The highest BCUT2D eigenvalue weighted by atomic mass is 35.5. The van der Waals surface area contributed by atoms with E-state index in [1.54, 1.807) is 25.1 Å². The van der Waals surface area contributed by atoms with E-state index in [0.29, 0.717) is 28.0 Å². The minimum absolute atomic E-state index is 0.0407. The molecule has 0 unspecified atom stereocenters. The molecule has 7 nitrogen and oxygen atoms in total. The molecule has 0 saturated carbocycles. The predicted octanol–water partition coefficient (Wildman–Crippen LogP) is 3.77. The zero-order chi connectivity index (χ0) is 21.0. The first-order valence-electron chi connectivity index (χ1n) is 8.81. The summed E-state index contributed by atoms with van der Waals surface area (Å²) >= 11 is 11.9. The normalized spacial score (nSPS) is 10.6. The first-order valence-corrected chi connectivity index (χ1v) is 9.57. The first kappa shape index (κ1) is 20.8. The molecule has 3 aromatic rings. The standard InChI is InChI=1S/C20H19Cl2N5O2/c1-12-3-5-14(6-4-12)10-23-18(28)11-27-13(2)19(25-26-27)20(29)24-17-8-15(21)7-16(22)9-17/h3-9H,10-11H2,1-2H3,(H,23,28)(H,24,29). The lowest BCUT2D eigenvalue weighted by atomic mass is 10.1. The van der Waals surface area contributed by atoms with Crippen LogP contribution >= 0.6 is 23.2 Å². The number of anilines is 1. The summed E-state index contributed by atoms with van der Waals surface area (Å²) in [6.07, 6.45) is 0. The largest absolute Gasteiger partial charge is 0.350 e. The number of aromatic nitrogens is 3. The summed E-state index contributed by atoms with van der Waals surface area (Å²) in [5.41, 5.74) is 3.19. The van der Waals surface area contributed by atoms with Crippen molar-refractivity contribution in [2.75, 3.05) is 5.32 Å². The molecular weight excluding hydrogens is 413 g/mol. The Morgan fingerprint density at radius 3 is 2.34 bits per heavy atom. The molecule has 150 valence electrons. The summed E-state index contributed by atoms with van der Waals surface area (Å²) in [6, 6.07) is 12.6. The molecule has 0 spiro atoms. The molecule has 3 rings (SSSR count). The third kappa shape index (κ3) is 5.56. The molecule has 0 aliphatic heterocycles. The van der Waals surface area contributed by atoms with Gasteiger partial charge in [0.05, 0.1) is 5.69 Å². The number of aryl methyl sites for hydroxylation is 1. The number of halogens is 2. The highest BCUT2D eigenvalue weighted by Gasteiger charge is 2.18. The van der Waals surface area contributed by atoms with E-state index in [1.807, 2.05) is 31.2 Å². The van der Waals surface area contributed by atoms with Crippen LogP contribution in [-0.4, -0.2) is 26.8 Å². The van der Waals surface area contributed by atoms with Crippen molar-refractivity contribution in [3.63, 3.8) is 0 Å². The molecule has 2 N–H and O–H groups in total. The molecule has 1 aromatic heterocycles. The van der Waals surface area contributed by atoms with E-state index < -0.39 is 5.91 Å². The van der Waals surface area contributed by atoms with E-state index in [0.717, 1.165) is 11.1 Å². The Morgan fingerprint density at radius 1 is 1.03 bits per heavy atom. The van der Waals surface area contributed by atoms with Crippen molar-refractivity contribution in [1.82, 2.24) is 20.3 Å². The lowest BCUT2D eigenvalue weighted by molar-refractivity contribution is -0.122. The van der Waals surface area contributed by atoms with Gasteiger partial charge in [0, 0.05) is 22.3 Å². The van der Waals surface area contributed by atoms with E-state index in [9.17, 15) is 9.59 Å². The van der Waals surface area contributed by atoms with Crippen LogP contribution in [0.25, 0.3) is 0 Å². The number of carbonyl (C=O) groups excluding carboxylic acids is 2. The second kappa shape index (κ2) is 9.07. The molecule has 9 heteroatoms. The zero-order valence-electron chi connectivity index (χ0n) is 15.9. The molecule has 29 heavy (non-hydrogen) atoms. The van der Waals surface area contributed by atoms with Gasteiger partial charge in [-0.15, -0.1) is 5.10 Å². The molecule has 0 saturated heterocycles. The van der Waals surface area contributed by atoms with Gasteiger partial charge in [-0.1, -0.05) is 58.2 Å². The highest BCUT2D eigenvalue weighted by molar-refractivity contribution is 6.35. The van der Waals surface area contributed by atoms with Crippen LogP contribution < -0.4 is 10.6 Å². The quantitative estimate of drug-likeness (QED) is 0.621. The van der Waals surface area contributed by atoms with Gasteiger partial charge in [0.25, 0.3) is 5.91 Å². The lowest BCUT2D eigenvalue weighted by Crippen LogP contribution is -2.28. The Kier molecular flexibility index (Phi) is 6.51. The molecule has 0 radical (unpaired) electrons. The number of carbonyl (C=O) groups is 2. The van der Waals surface area contributed by atoms with Gasteiger partial charge in [-0.2, -0.15) is 0 Å². The Balaban J connectivity index is 1.61. The Bertz CT molecular complexity index is 1030. The van der Waals surface area contributed by atoms with Gasteiger partial charge in [-0.3, -0.25) is 9.59 Å². The maximum Gasteiger partial charge on any atom is 0.278 e.